The van der Waals surface area contributed by atoms with Gasteiger partial charge in [0.05, 0.1) is 19.4 Å². The first-order valence-electron chi connectivity index (χ1n) is 9.61. The number of allylic oxidation sites excluding steroid dienone is 1. The second kappa shape index (κ2) is 9.88. The average molecular weight is 424 g/mol. The molecule has 0 amide bonds. The van der Waals surface area contributed by atoms with Gasteiger partial charge in [0.25, 0.3) is 6.47 Å². The monoisotopic (exact) mass is 424 g/mol. The Morgan fingerprint density at radius 3 is 2.68 bits per heavy atom. The molecule has 4 N–H and O–H groups in total. The van der Waals surface area contributed by atoms with Crippen molar-refractivity contribution >= 4 is 34.3 Å². The van der Waals surface area contributed by atoms with E-state index in [9.17, 15) is 5.21 Å². The van der Waals surface area contributed by atoms with Crippen molar-refractivity contribution in [2.45, 2.75) is 19.8 Å². The number of anilines is 2. The Morgan fingerprint density at radius 2 is 1.94 bits per heavy atom. The Morgan fingerprint density at radius 1 is 1.19 bits per heavy atom. The lowest BCUT2D eigenvalue weighted by Gasteiger charge is -2.20. The van der Waals surface area contributed by atoms with Crippen molar-refractivity contribution in [3.63, 3.8) is 0 Å². The molecule has 0 saturated carbocycles. The fraction of sp³-hybridized carbons (Fsp3) is 0.227. The number of nitrogens with two attached hydrogens (primary N) is 1. The molecule has 0 fully saturated rings. The third-order valence-corrected chi connectivity index (χ3v) is 4.95. The lowest BCUT2D eigenvalue weighted by atomic mass is 9.92. The van der Waals surface area contributed by atoms with Crippen LogP contribution < -0.4 is 11.0 Å². The van der Waals surface area contributed by atoms with Gasteiger partial charge < -0.3 is 15.6 Å². The number of ether oxygens (including phenoxy) is 1. The van der Waals surface area contributed by atoms with Crippen LogP contribution in [0.25, 0.3) is 16.3 Å². The molecule has 2 heterocycles. The summed E-state index contributed by atoms with van der Waals surface area (Å²) in [5, 5.41) is 28.0. The minimum atomic E-state index is -0.250. The summed E-state index contributed by atoms with van der Waals surface area (Å²) < 4.78 is 5.78. The Kier molecular flexibility index (Phi) is 7.01. The van der Waals surface area contributed by atoms with Crippen LogP contribution in [0.4, 0.5) is 11.5 Å². The molecule has 1 aliphatic heterocycles. The van der Waals surface area contributed by atoms with E-state index in [1.165, 1.54) is 0 Å². The van der Waals surface area contributed by atoms with Gasteiger partial charge >= 0.3 is 0 Å². The zero-order chi connectivity index (χ0) is 22.4. The van der Waals surface area contributed by atoms with E-state index in [4.69, 9.17) is 25.2 Å². The standard InChI is InChI=1S/C21H22N4O3.CH2O2/c1-13-17-12-14(9-10-15(17)21(22)24-23-13)20-16-6-3-4-7-18(16)25(26)28-11-5-8-19(20)27-2;2-1-3/h3-4,6-7,9-10,12,26H,5,8,11H2,1-2H3,(H2,22,24);1H,(H,2,3). The number of para-hydroxylation sites is 1. The molecule has 4 rings (SSSR count). The number of carbonyl (C=O) groups is 1. The summed E-state index contributed by atoms with van der Waals surface area (Å²) in [6.07, 6.45) is 1.39. The first-order valence-corrected chi connectivity index (χ1v) is 9.61. The van der Waals surface area contributed by atoms with E-state index in [0.29, 0.717) is 31.0 Å². The molecular formula is C22H24N4O5. The summed E-state index contributed by atoms with van der Waals surface area (Å²) >= 11 is 0. The smallest absolute Gasteiger partial charge is 0.290 e. The predicted molar refractivity (Wildman–Crippen MR) is 116 cm³/mol. The number of benzene rings is 2. The Hall–Kier alpha value is -3.69. The number of fused-ring (bicyclic) bond motifs is 2. The van der Waals surface area contributed by atoms with E-state index < -0.39 is 0 Å². The number of aryl methyl sites for hydroxylation is 1. The summed E-state index contributed by atoms with van der Waals surface area (Å²) in [5.74, 6) is 1.23. The van der Waals surface area contributed by atoms with Gasteiger partial charge in [0.15, 0.2) is 5.82 Å². The summed E-state index contributed by atoms with van der Waals surface area (Å²) in [6, 6.07) is 13.5. The zero-order valence-electron chi connectivity index (χ0n) is 17.3. The molecule has 162 valence electrons. The molecule has 3 aromatic rings. The van der Waals surface area contributed by atoms with Crippen LogP contribution in [0.2, 0.25) is 0 Å². The second-order valence-electron chi connectivity index (χ2n) is 6.77. The van der Waals surface area contributed by atoms with Crippen molar-refractivity contribution in [3.8, 4) is 0 Å². The Balaban J connectivity index is 0.000000858. The minimum absolute atomic E-state index is 0.250. The summed E-state index contributed by atoms with van der Waals surface area (Å²) in [6.45, 7) is 2.04. The summed E-state index contributed by atoms with van der Waals surface area (Å²) in [4.78, 5) is 13.8. The van der Waals surface area contributed by atoms with Crippen molar-refractivity contribution in [1.82, 2.24) is 10.2 Å². The van der Waals surface area contributed by atoms with Gasteiger partial charge in [-0.25, -0.2) is 4.84 Å². The van der Waals surface area contributed by atoms with E-state index in [0.717, 1.165) is 44.2 Å². The van der Waals surface area contributed by atoms with Gasteiger partial charge in [-0.05, 0) is 37.1 Å². The highest BCUT2D eigenvalue weighted by Crippen LogP contribution is 2.38. The Bertz CT molecular complexity index is 1120. The number of rotatable bonds is 2. The zero-order valence-corrected chi connectivity index (χ0v) is 17.3. The second-order valence-corrected chi connectivity index (χ2v) is 6.77. The molecule has 0 radical (unpaired) electrons. The number of carboxylic acid groups (broad SMARTS) is 1. The molecule has 1 aliphatic rings. The van der Waals surface area contributed by atoms with E-state index in [2.05, 4.69) is 10.2 Å². The highest BCUT2D eigenvalue weighted by atomic mass is 16.9. The molecule has 0 aliphatic carbocycles. The molecule has 0 atom stereocenters. The highest BCUT2D eigenvalue weighted by Gasteiger charge is 2.22. The van der Waals surface area contributed by atoms with Crippen molar-refractivity contribution in [2.24, 2.45) is 0 Å². The number of aromatic nitrogens is 2. The fourth-order valence-electron chi connectivity index (χ4n) is 3.56. The normalized spacial score (nSPS) is 14.0. The van der Waals surface area contributed by atoms with Crippen molar-refractivity contribution in [1.29, 1.82) is 0 Å². The third-order valence-electron chi connectivity index (χ3n) is 4.95. The maximum atomic E-state index is 10.4. The molecule has 1 aromatic heterocycles. The number of nitrogen functional groups attached to an aromatic ring is 1. The topological polar surface area (TPSA) is 131 Å². The van der Waals surface area contributed by atoms with E-state index in [1.54, 1.807) is 7.11 Å². The van der Waals surface area contributed by atoms with Gasteiger partial charge in [0.1, 0.15) is 11.4 Å². The van der Waals surface area contributed by atoms with Gasteiger partial charge in [-0.1, -0.05) is 24.3 Å². The van der Waals surface area contributed by atoms with Gasteiger partial charge in [0, 0.05) is 28.3 Å². The van der Waals surface area contributed by atoms with Crippen LogP contribution in [0.1, 0.15) is 29.7 Å². The molecule has 9 nitrogen and oxygen atoms in total. The van der Waals surface area contributed by atoms with E-state index in [1.807, 2.05) is 49.4 Å². The summed E-state index contributed by atoms with van der Waals surface area (Å²) in [5.41, 5.74) is 10.0. The molecule has 0 unspecified atom stereocenters. The van der Waals surface area contributed by atoms with Crippen LogP contribution in [0.15, 0.2) is 48.2 Å². The van der Waals surface area contributed by atoms with E-state index >= 15 is 0 Å². The lowest BCUT2D eigenvalue weighted by molar-refractivity contribution is -0.122. The van der Waals surface area contributed by atoms with Crippen LogP contribution in [0.5, 0.6) is 0 Å². The third kappa shape index (κ3) is 4.57. The lowest BCUT2D eigenvalue weighted by Crippen LogP contribution is -2.20. The number of nitrogens with zero attached hydrogens (tertiary/aromatic N) is 3. The maximum absolute atomic E-state index is 10.4. The minimum Gasteiger partial charge on any atom is -0.500 e. The largest absolute Gasteiger partial charge is 0.500 e. The van der Waals surface area contributed by atoms with Crippen LogP contribution in [0, 0.1) is 6.92 Å². The molecule has 9 heteroatoms. The Labute approximate surface area is 179 Å². The fourth-order valence-corrected chi connectivity index (χ4v) is 3.56. The number of hydrogen-bond donors (Lipinski definition) is 3. The quantitative estimate of drug-likeness (QED) is 0.528. The highest BCUT2D eigenvalue weighted by molar-refractivity contribution is 5.97. The first-order chi connectivity index (χ1) is 15.0. The number of methoxy groups -OCH3 is 1. The van der Waals surface area contributed by atoms with Gasteiger partial charge in [-0.15, -0.1) is 10.3 Å². The molecule has 0 saturated heterocycles. The van der Waals surface area contributed by atoms with Crippen LogP contribution >= 0.6 is 0 Å². The van der Waals surface area contributed by atoms with Crippen LogP contribution in [-0.2, 0) is 14.4 Å². The molecule has 31 heavy (non-hydrogen) atoms. The van der Waals surface area contributed by atoms with Gasteiger partial charge in [0.2, 0.25) is 0 Å². The average Bonchev–Trinajstić information content (AvgIpc) is 2.85. The number of hydrogen-bond acceptors (Lipinski definition) is 8. The molecule has 0 spiro atoms. The van der Waals surface area contributed by atoms with Gasteiger partial charge in [-0.3, -0.25) is 10.0 Å². The molecule has 2 aromatic carbocycles. The van der Waals surface area contributed by atoms with Crippen molar-refractivity contribution < 1.29 is 24.7 Å². The first kappa shape index (κ1) is 22.0. The summed E-state index contributed by atoms with van der Waals surface area (Å²) in [7, 11) is 1.67. The predicted octanol–water partition coefficient (Wildman–Crippen LogP) is 3.55. The molecule has 0 bridgehead atoms. The van der Waals surface area contributed by atoms with Crippen molar-refractivity contribution in [3.05, 3.63) is 65.0 Å². The SMILES string of the molecule is COC1=C(c2ccc3c(N)nnc(C)c3c2)c2ccccc2N(O)OCCC1.O=CO. The van der Waals surface area contributed by atoms with Crippen LogP contribution in [0.3, 0.4) is 0 Å². The van der Waals surface area contributed by atoms with Gasteiger partial charge in [-0.2, -0.15) is 5.10 Å². The van der Waals surface area contributed by atoms with Crippen molar-refractivity contribution in [2.75, 3.05) is 24.7 Å². The maximum Gasteiger partial charge on any atom is 0.290 e. The molecular weight excluding hydrogens is 400 g/mol. The van der Waals surface area contributed by atoms with Crippen LogP contribution in [-0.4, -0.2) is 40.7 Å². The van der Waals surface area contributed by atoms with E-state index in [-0.39, 0.29) is 6.47 Å².